The van der Waals surface area contributed by atoms with Crippen molar-refractivity contribution in [3.05, 3.63) is 35.4 Å². The maximum atomic E-state index is 2.63. The van der Waals surface area contributed by atoms with Crippen molar-refractivity contribution in [2.75, 3.05) is 19.6 Å². The summed E-state index contributed by atoms with van der Waals surface area (Å²) >= 11 is 0. The molecule has 1 aliphatic heterocycles. The summed E-state index contributed by atoms with van der Waals surface area (Å²) in [4.78, 5) is 2.63. The fraction of sp³-hybridized carbons (Fsp3) is 0.625. The van der Waals surface area contributed by atoms with Crippen molar-refractivity contribution in [3.8, 4) is 0 Å². The van der Waals surface area contributed by atoms with Crippen LogP contribution in [0.3, 0.4) is 0 Å². The molecule has 1 fully saturated rings. The van der Waals surface area contributed by atoms with E-state index < -0.39 is 0 Å². The van der Waals surface area contributed by atoms with Gasteiger partial charge in [0.05, 0.1) is 0 Å². The maximum absolute atomic E-state index is 2.63. The Hall–Kier alpha value is -0.820. The molecule has 17 heavy (non-hydrogen) atoms. The second-order valence-electron chi connectivity index (χ2n) is 5.79. The highest BCUT2D eigenvalue weighted by atomic mass is 15.1. The van der Waals surface area contributed by atoms with Crippen LogP contribution in [0, 0.1) is 12.8 Å². The summed E-state index contributed by atoms with van der Waals surface area (Å²) in [5.41, 5.74) is 2.84. The molecular weight excluding hydrogens is 206 g/mol. The van der Waals surface area contributed by atoms with E-state index in [9.17, 15) is 0 Å². The number of benzene rings is 1. The Morgan fingerprint density at radius 1 is 1.18 bits per heavy atom. The third kappa shape index (κ3) is 3.57. The van der Waals surface area contributed by atoms with Gasteiger partial charge in [0.1, 0.15) is 0 Å². The van der Waals surface area contributed by atoms with Gasteiger partial charge < -0.3 is 4.90 Å². The summed E-state index contributed by atoms with van der Waals surface area (Å²) in [6.07, 6.45) is 2.75. The molecule has 1 unspecified atom stereocenters. The molecule has 0 bridgehead atoms. The number of likely N-dealkylation sites (tertiary alicyclic amines) is 1. The molecule has 1 aromatic carbocycles. The molecular formula is C16H25N. The van der Waals surface area contributed by atoms with Gasteiger partial charge in [-0.2, -0.15) is 0 Å². The van der Waals surface area contributed by atoms with Crippen molar-refractivity contribution >= 4 is 0 Å². The Morgan fingerprint density at radius 2 is 1.76 bits per heavy atom. The van der Waals surface area contributed by atoms with Crippen LogP contribution in [0.1, 0.15) is 43.7 Å². The third-order valence-electron chi connectivity index (χ3n) is 4.05. The minimum atomic E-state index is 0.656. The highest BCUT2D eigenvalue weighted by Gasteiger charge is 2.17. The van der Waals surface area contributed by atoms with Crippen LogP contribution in [0.2, 0.25) is 0 Å². The van der Waals surface area contributed by atoms with Gasteiger partial charge in [0, 0.05) is 6.54 Å². The van der Waals surface area contributed by atoms with Gasteiger partial charge in [-0.05, 0) is 50.3 Å². The molecule has 1 saturated heterocycles. The third-order valence-corrected chi connectivity index (χ3v) is 4.05. The van der Waals surface area contributed by atoms with Crippen LogP contribution in [0.4, 0.5) is 0 Å². The minimum Gasteiger partial charge on any atom is -0.303 e. The number of hydrogen-bond donors (Lipinski definition) is 0. The Bertz CT molecular complexity index is 333. The lowest BCUT2D eigenvalue weighted by Crippen LogP contribution is -2.35. The molecule has 1 aliphatic rings. The molecule has 1 atom stereocenters. The van der Waals surface area contributed by atoms with E-state index in [-0.39, 0.29) is 0 Å². The van der Waals surface area contributed by atoms with E-state index in [0.717, 1.165) is 5.92 Å². The molecule has 0 amide bonds. The van der Waals surface area contributed by atoms with Crippen LogP contribution in [0.15, 0.2) is 24.3 Å². The molecule has 0 aliphatic carbocycles. The van der Waals surface area contributed by atoms with Gasteiger partial charge in [0.15, 0.2) is 0 Å². The molecule has 0 radical (unpaired) electrons. The lowest BCUT2D eigenvalue weighted by molar-refractivity contribution is 0.185. The molecule has 1 heteroatoms. The standard InChI is InChI=1S/C16H25N/c1-13-4-6-16(7-5-13)15(3)12-17-10-8-14(2)9-11-17/h4-7,14-15H,8-12H2,1-3H3. The predicted molar refractivity (Wildman–Crippen MR) is 74.4 cm³/mol. The summed E-state index contributed by atoms with van der Waals surface area (Å²) in [7, 11) is 0. The highest BCUT2D eigenvalue weighted by molar-refractivity contribution is 5.24. The summed E-state index contributed by atoms with van der Waals surface area (Å²) in [5, 5.41) is 0. The summed E-state index contributed by atoms with van der Waals surface area (Å²) in [6, 6.07) is 9.02. The van der Waals surface area contributed by atoms with Crippen molar-refractivity contribution in [3.63, 3.8) is 0 Å². The smallest absolute Gasteiger partial charge is 0.00476 e. The van der Waals surface area contributed by atoms with Crippen LogP contribution < -0.4 is 0 Å². The first-order valence-electron chi connectivity index (χ1n) is 6.94. The van der Waals surface area contributed by atoms with Crippen molar-refractivity contribution < 1.29 is 0 Å². The first-order valence-corrected chi connectivity index (χ1v) is 6.94. The molecule has 94 valence electrons. The first-order chi connectivity index (χ1) is 8.15. The molecule has 1 heterocycles. The van der Waals surface area contributed by atoms with Crippen LogP contribution in [0.25, 0.3) is 0 Å². The van der Waals surface area contributed by atoms with Gasteiger partial charge >= 0.3 is 0 Å². The van der Waals surface area contributed by atoms with E-state index in [2.05, 4.69) is 49.9 Å². The molecule has 2 rings (SSSR count). The predicted octanol–water partition coefficient (Wildman–Crippen LogP) is 3.83. The van der Waals surface area contributed by atoms with Crippen LogP contribution in [-0.2, 0) is 0 Å². The number of nitrogens with zero attached hydrogens (tertiary/aromatic N) is 1. The van der Waals surface area contributed by atoms with E-state index >= 15 is 0 Å². The van der Waals surface area contributed by atoms with Gasteiger partial charge in [-0.25, -0.2) is 0 Å². The molecule has 1 aromatic rings. The van der Waals surface area contributed by atoms with Crippen molar-refractivity contribution in [2.24, 2.45) is 5.92 Å². The molecule has 0 saturated carbocycles. The fourth-order valence-electron chi connectivity index (χ4n) is 2.63. The van der Waals surface area contributed by atoms with E-state index in [4.69, 9.17) is 0 Å². The molecule has 0 spiro atoms. The fourth-order valence-corrected chi connectivity index (χ4v) is 2.63. The SMILES string of the molecule is Cc1ccc(C(C)CN2CCC(C)CC2)cc1. The zero-order chi connectivity index (χ0) is 12.3. The van der Waals surface area contributed by atoms with Gasteiger partial charge in [-0.3, -0.25) is 0 Å². The first kappa shape index (κ1) is 12.6. The zero-order valence-electron chi connectivity index (χ0n) is 11.4. The van der Waals surface area contributed by atoms with E-state index in [1.54, 1.807) is 0 Å². The van der Waals surface area contributed by atoms with Crippen LogP contribution in [-0.4, -0.2) is 24.5 Å². The quantitative estimate of drug-likeness (QED) is 0.764. The monoisotopic (exact) mass is 231 g/mol. The second kappa shape index (κ2) is 5.68. The van der Waals surface area contributed by atoms with Gasteiger partial charge in [0.2, 0.25) is 0 Å². The summed E-state index contributed by atoms with van der Waals surface area (Å²) < 4.78 is 0. The van der Waals surface area contributed by atoms with Gasteiger partial charge in [0.25, 0.3) is 0 Å². The minimum absolute atomic E-state index is 0.656. The number of hydrogen-bond acceptors (Lipinski definition) is 1. The number of aryl methyl sites for hydroxylation is 1. The molecule has 1 nitrogen and oxygen atoms in total. The second-order valence-corrected chi connectivity index (χ2v) is 5.79. The topological polar surface area (TPSA) is 3.24 Å². The molecule has 0 N–H and O–H groups in total. The Labute approximate surface area is 106 Å². The van der Waals surface area contributed by atoms with Crippen molar-refractivity contribution in [1.29, 1.82) is 0 Å². The largest absolute Gasteiger partial charge is 0.303 e. The van der Waals surface area contributed by atoms with Crippen molar-refractivity contribution in [2.45, 2.75) is 39.5 Å². The Balaban J connectivity index is 1.88. The summed E-state index contributed by atoms with van der Waals surface area (Å²) in [6.45, 7) is 10.7. The lowest BCUT2D eigenvalue weighted by atomic mass is 9.95. The van der Waals surface area contributed by atoms with Crippen LogP contribution in [0.5, 0.6) is 0 Å². The van der Waals surface area contributed by atoms with Gasteiger partial charge in [-0.1, -0.05) is 43.7 Å². The average molecular weight is 231 g/mol. The van der Waals surface area contributed by atoms with Gasteiger partial charge in [-0.15, -0.1) is 0 Å². The highest BCUT2D eigenvalue weighted by Crippen LogP contribution is 2.21. The zero-order valence-corrected chi connectivity index (χ0v) is 11.4. The normalized spacial score (nSPS) is 20.4. The molecule has 0 aromatic heterocycles. The van der Waals surface area contributed by atoms with E-state index in [1.165, 1.54) is 43.6 Å². The average Bonchev–Trinajstić information content (AvgIpc) is 2.33. The van der Waals surface area contributed by atoms with Crippen LogP contribution >= 0.6 is 0 Å². The lowest BCUT2D eigenvalue weighted by Gasteiger charge is -2.32. The Kier molecular flexibility index (Phi) is 4.22. The maximum Gasteiger partial charge on any atom is 0.00476 e. The Morgan fingerprint density at radius 3 is 2.35 bits per heavy atom. The number of rotatable bonds is 3. The summed E-state index contributed by atoms with van der Waals surface area (Å²) in [5.74, 6) is 1.59. The van der Waals surface area contributed by atoms with Crippen molar-refractivity contribution in [1.82, 2.24) is 4.90 Å². The number of piperidine rings is 1. The van der Waals surface area contributed by atoms with E-state index in [0.29, 0.717) is 5.92 Å². The van der Waals surface area contributed by atoms with E-state index in [1.807, 2.05) is 0 Å².